The van der Waals surface area contributed by atoms with Crippen LogP contribution in [0.1, 0.15) is 30.6 Å². The number of allylic oxidation sites excluding steroid dienone is 1. The average molecular weight is 326 g/mol. The van der Waals surface area contributed by atoms with Crippen LogP contribution in [0, 0.1) is 0 Å². The quantitative estimate of drug-likeness (QED) is 0.467. The third kappa shape index (κ3) is 2.80. The molecular formula is C14H12ClNO2S2. The fourth-order valence-corrected chi connectivity index (χ4v) is 3.16. The van der Waals surface area contributed by atoms with E-state index in [9.17, 15) is 9.59 Å². The number of thiocarbonyl (C=S) groups is 1. The Hall–Kier alpha value is -1.17. The Labute approximate surface area is 132 Å². The van der Waals surface area contributed by atoms with Crippen molar-refractivity contribution in [3.05, 3.63) is 45.3 Å². The molecule has 1 aliphatic heterocycles. The molecule has 104 valence electrons. The lowest BCUT2D eigenvalue weighted by Gasteiger charge is -2.12. The molecule has 2 amide bonds. The third-order valence-corrected chi connectivity index (χ3v) is 4.75. The molecule has 1 aromatic carbocycles. The summed E-state index contributed by atoms with van der Waals surface area (Å²) in [5.74, 6) is -0.748. The topological polar surface area (TPSA) is 37.4 Å². The van der Waals surface area contributed by atoms with Crippen LogP contribution < -0.4 is 0 Å². The van der Waals surface area contributed by atoms with E-state index in [0.29, 0.717) is 15.5 Å². The molecule has 0 atom stereocenters. The predicted molar refractivity (Wildman–Crippen MR) is 85.8 cm³/mol. The Kier molecular flexibility index (Phi) is 4.62. The second-order valence-corrected chi connectivity index (χ2v) is 6.36. The van der Waals surface area contributed by atoms with E-state index in [4.69, 9.17) is 23.8 Å². The number of halogens is 1. The van der Waals surface area contributed by atoms with Crippen molar-refractivity contribution in [2.75, 3.05) is 0 Å². The molecule has 6 heteroatoms. The minimum Gasteiger partial charge on any atom is -0.268 e. The molecule has 0 aromatic heterocycles. The van der Waals surface area contributed by atoms with Gasteiger partial charge in [-0.05, 0) is 37.6 Å². The van der Waals surface area contributed by atoms with Gasteiger partial charge < -0.3 is 0 Å². The van der Waals surface area contributed by atoms with Crippen molar-refractivity contribution in [3.63, 3.8) is 0 Å². The summed E-state index contributed by atoms with van der Waals surface area (Å²) < 4.78 is 0.276. The highest BCUT2D eigenvalue weighted by molar-refractivity contribution is 8.26. The Balaban J connectivity index is 2.34. The summed E-state index contributed by atoms with van der Waals surface area (Å²) >= 11 is 12.1. The molecule has 0 spiro atoms. The van der Waals surface area contributed by atoms with Gasteiger partial charge in [-0.2, -0.15) is 0 Å². The number of thioether (sulfide) groups is 1. The molecule has 0 N–H and O–H groups in total. The van der Waals surface area contributed by atoms with Gasteiger partial charge in [0.15, 0.2) is 4.32 Å². The van der Waals surface area contributed by atoms with Crippen molar-refractivity contribution in [3.8, 4) is 0 Å². The number of benzene rings is 1. The van der Waals surface area contributed by atoms with Crippen LogP contribution in [0.5, 0.6) is 0 Å². The maximum atomic E-state index is 12.4. The summed E-state index contributed by atoms with van der Waals surface area (Å²) in [5, 5.41) is 0.536. The van der Waals surface area contributed by atoms with Crippen LogP contribution in [0.4, 0.5) is 0 Å². The zero-order chi connectivity index (χ0) is 14.9. The highest BCUT2D eigenvalue weighted by Crippen LogP contribution is 2.35. The largest absolute Gasteiger partial charge is 0.273 e. The van der Waals surface area contributed by atoms with Crippen LogP contribution in [0.2, 0.25) is 5.02 Å². The van der Waals surface area contributed by atoms with Gasteiger partial charge in [-0.15, -0.1) is 0 Å². The number of carbonyl (C=O) groups is 2. The minimum absolute atomic E-state index is 0.276. The molecule has 1 fully saturated rings. The summed E-state index contributed by atoms with van der Waals surface area (Å²) in [6, 6.07) is 6.39. The maximum absolute atomic E-state index is 12.4. The SMILES string of the molecule is CC/C(C)=C1/SC(=S)N(C(=O)c2ccc(Cl)cc2)C1=O. The lowest BCUT2D eigenvalue weighted by molar-refractivity contribution is -0.120. The van der Waals surface area contributed by atoms with Crippen molar-refractivity contribution in [2.45, 2.75) is 20.3 Å². The molecule has 0 bridgehead atoms. The molecule has 0 unspecified atom stereocenters. The highest BCUT2D eigenvalue weighted by Gasteiger charge is 2.38. The Bertz CT molecular complexity index is 623. The Morgan fingerprint density at radius 2 is 1.95 bits per heavy atom. The molecule has 20 heavy (non-hydrogen) atoms. The second kappa shape index (κ2) is 6.08. The zero-order valence-corrected chi connectivity index (χ0v) is 13.4. The van der Waals surface area contributed by atoms with Crippen LogP contribution in [0.25, 0.3) is 0 Å². The first-order valence-electron chi connectivity index (χ1n) is 6.01. The standard InChI is InChI=1S/C14H12ClNO2S2/c1-3-8(2)11-13(18)16(14(19)20-11)12(17)9-4-6-10(15)7-5-9/h4-7H,3H2,1-2H3/b11-8+. The lowest BCUT2D eigenvalue weighted by Crippen LogP contribution is -2.34. The van der Waals surface area contributed by atoms with Crippen molar-refractivity contribution >= 4 is 51.7 Å². The first kappa shape index (κ1) is 15.2. The van der Waals surface area contributed by atoms with E-state index in [1.807, 2.05) is 13.8 Å². The fraction of sp³-hybridized carbons (Fsp3) is 0.214. The maximum Gasteiger partial charge on any atom is 0.273 e. The molecule has 0 saturated carbocycles. The molecular weight excluding hydrogens is 314 g/mol. The van der Waals surface area contributed by atoms with Gasteiger partial charge in [0, 0.05) is 10.6 Å². The molecule has 1 saturated heterocycles. The summed E-state index contributed by atoms with van der Waals surface area (Å²) in [4.78, 5) is 26.3. The van der Waals surface area contributed by atoms with Crippen LogP contribution >= 0.6 is 35.6 Å². The van der Waals surface area contributed by atoms with E-state index in [0.717, 1.165) is 16.9 Å². The van der Waals surface area contributed by atoms with E-state index >= 15 is 0 Å². The number of carbonyl (C=O) groups excluding carboxylic acids is 2. The van der Waals surface area contributed by atoms with Gasteiger partial charge in [-0.3, -0.25) is 9.59 Å². The van der Waals surface area contributed by atoms with E-state index in [2.05, 4.69) is 0 Å². The highest BCUT2D eigenvalue weighted by atomic mass is 35.5. The number of imide groups is 1. The average Bonchev–Trinajstić information content (AvgIpc) is 2.73. The number of hydrogen-bond donors (Lipinski definition) is 0. The smallest absolute Gasteiger partial charge is 0.268 e. The molecule has 2 rings (SSSR count). The Morgan fingerprint density at radius 1 is 1.35 bits per heavy atom. The molecule has 3 nitrogen and oxygen atoms in total. The van der Waals surface area contributed by atoms with Crippen LogP contribution in [0.3, 0.4) is 0 Å². The number of hydrogen-bond acceptors (Lipinski definition) is 4. The summed E-state index contributed by atoms with van der Waals surface area (Å²) in [5.41, 5.74) is 1.33. The normalized spacial score (nSPS) is 17.6. The van der Waals surface area contributed by atoms with Crippen LogP contribution in [-0.2, 0) is 4.79 Å². The van der Waals surface area contributed by atoms with Gasteiger partial charge >= 0.3 is 0 Å². The van der Waals surface area contributed by atoms with Crippen molar-refractivity contribution in [2.24, 2.45) is 0 Å². The second-order valence-electron chi connectivity index (χ2n) is 4.28. The monoisotopic (exact) mass is 325 g/mol. The number of amides is 2. The summed E-state index contributed by atoms with van der Waals surface area (Å²) in [6.45, 7) is 3.84. The summed E-state index contributed by atoms with van der Waals surface area (Å²) in [7, 11) is 0. The molecule has 1 aliphatic rings. The van der Waals surface area contributed by atoms with Gasteiger partial charge in [0.05, 0.1) is 4.91 Å². The van der Waals surface area contributed by atoms with Crippen LogP contribution in [0.15, 0.2) is 34.7 Å². The van der Waals surface area contributed by atoms with E-state index in [1.54, 1.807) is 24.3 Å². The fourth-order valence-electron chi connectivity index (χ4n) is 1.69. The number of nitrogens with zero attached hydrogens (tertiary/aromatic N) is 1. The summed E-state index contributed by atoms with van der Waals surface area (Å²) in [6.07, 6.45) is 0.750. The van der Waals surface area contributed by atoms with Crippen LogP contribution in [-0.4, -0.2) is 21.0 Å². The van der Waals surface area contributed by atoms with Gasteiger partial charge in [0.2, 0.25) is 0 Å². The number of rotatable bonds is 2. The lowest BCUT2D eigenvalue weighted by atomic mass is 10.2. The molecule has 0 radical (unpaired) electrons. The van der Waals surface area contributed by atoms with E-state index in [-0.39, 0.29) is 10.2 Å². The van der Waals surface area contributed by atoms with E-state index in [1.165, 1.54) is 11.8 Å². The van der Waals surface area contributed by atoms with Gasteiger partial charge in [-0.25, -0.2) is 4.90 Å². The molecule has 1 aromatic rings. The van der Waals surface area contributed by atoms with Gasteiger partial charge in [-0.1, -0.05) is 48.1 Å². The third-order valence-electron chi connectivity index (χ3n) is 2.98. The zero-order valence-electron chi connectivity index (χ0n) is 11.0. The van der Waals surface area contributed by atoms with Crippen molar-refractivity contribution in [1.29, 1.82) is 0 Å². The minimum atomic E-state index is -0.414. The predicted octanol–water partition coefficient (Wildman–Crippen LogP) is 4.02. The molecule has 0 aliphatic carbocycles. The van der Waals surface area contributed by atoms with Crippen molar-refractivity contribution < 1.29 is 9.59 Å². The Morgan fingerprint density at radius 3 is 2.50 bits per heavy atom. The first-order valence-corrected chi connectivity index (χ1v) is 7.62. The van der Waals surface area contributed by atoms with Gasteiger partial charge in [0.1, 0.15) is 0 Å². The van der Waals surface area contributed by atoms with E-state index < -0.39 is 5.91 Å². The van der Waals surface area contributed by atoms with Crippen molar-refractivity contribution in [1.82, 2.24) is 4.90 Å². The molecule has 1 heterocycles. The van der Waals surface area contributed by atoms with Gasteiger partial charge in [0.25, 0.3) is 11.8 Å². The first-order chi connectivity index (χ1) is 9.45.